The largest absolute Gasteiger partial charge is 0.463 e. The van der Waals surface area contributed by atoms with Gasteiger partial charge in [-0.1, -0.05) is 0 Å². The van der Waals surface area contributed by atoms with E-state index in [2.05, 4.69) is 9.97 Å². The Bertz CT molecular complexity index is 1040. The molecule has 0 aromatic carbocycles. The van der Waals surface area contributed by atoms with Gasteiger partial charge < -0.3 is 20.3 Å². The Morgan fingerprint density at radius 1 is 0.781 bits per heavy atom. The molecule has 4 N–H and O–H groups in total. The molecule has 4 rings (SSSR count). The second-order valence-electron chi connectivity index (χ2n) is 7.56. The predicted molar refractivity (Wildman–Crippen MR) is 129 cm³/mol. The van der Waals surface area contributed by atoms with E-state index in [4.69, 9.17) is 20.3 Å². The Morgan fingerprint density at radius 3 is 1.66 bits per heavy atom. The first kappa shape index (κ1) is 22.3. The molecule has 32 heavy (non-hydrogen) atoms. The summed E-state index contributed by atoms with van der Waals surface area (Å²) in [6.45, 7) is 0. The SMILES string of the molecule is Nc1nc(-c2ccco2)c(CCCCC(=O)CCCCc2sc(N)nc2-c2ccco2)s1. The number of nitrogens with two attached hydrogens (primary N) is 2. The molecular formula is C23H26N4O3S2. The maximum Gasteiger partial charge on any atom is 0.180 e. The van der Waals surface area contributed by atoms with Crippen molar-refractivity contribution in [2.45, 2.75) is 51.4 Å². The average molecular weight is 471 g/mol. The molecule has 4 aromatic rings. The van der Waals surface area contributed by atoms with Crippen LogP contribution in [0.1, 0.15) is 48.3 Å². The number of nitrogen functional groups attached to an aromatic ring is 2. The Labute approximate surface area is 194 Å². The number of carbonyl (C=O) groups excluding carboxylic acids is 1. The summed E-state index contributed by atoms with van der Waals surface area (Å²) in [5, 5.41) is 1.08. The molecule has 0 saturated carbocycles. The lowest BCUT2D eigenvalue weighted by Gasteiger charge is -2.03. The molecule has 9 heteroatoms. The Balaban J connectivity index is 1.16. The highest BCUT2D eigenvalue weighted by Crippen LogP contribution is 2.32. The fourth-order valence-electron chi connectivity index (χ4n) is 3.63. The van der Waals surface area contributed by atoms with Crippen LogP contribution in [0.2, 0.25) is 0 Å². The molecule has 0 aliphatic heterocycles. The van der Waals surface area contributed by atoms with Crippen LogP contribution in [0, 0.1) is 0 Å². The van der Waals surface area contributed by atoms with Gasteiger partial charge in [-0.3, -0.25) is 4.79 Å². The van der Waals surface area contributed by atoms with Crippen molar-refractivity contribution in [1.82, 2.24) is 9.97 Å². The monoisotopic (exact) mass is 470 g/mol. The van der Waals surface area contributed by atoms with Crippen molar-refractivity contribution in [3.8, 4) is 22.9 Å². The smallest absolute Gasteiger partial charge is 0.180 e. The molecule has 0 saturated heterocycles. The lowest BCUT2D eigenvalue weighted by atomic mass is 10.0. The summed E-state index contributed by atoms with van der Waals surface area (Å²) in [6, 6.07) is 7.46. The van der Waals surface area contributed by atoms with Gasteiger partial charge in [-0.2, -0.15) is 0 Å². The summed E-state index contributed by atoms with van der Waals surface area (Å²) < 4.78 is 10.9. The molecule has 0 fully saturated rings. The zero-order valence-corrected chi connectivity index (χ0v) is 19.3. The number of ketones is 1. The van der Waals surface area contributed by atoms with Crippen LogP contribution in [0.3, 0.4) is 0 Å². The van der Waals surface area contributed by atoms with Crippen molar-refractivity contribution < 1.29 is 13.6 Å². The maximum absolute atomic E-state index is 12.3. The third-order valence-electron chi connectivity index (χ3n) is 5.16. The average Bonchev–Trinajstić information content (AvgIpc) is 3.56. The molecular weight excluding hydrogens is 444 g/mol. The van der Waals surface area contributed by atoms with E-state index < -0.39 is 0 Å². The molecule has 0 spiro atoms. The van der Waals surface area contributed by atoms with Crippen LogP contribution in [0.4, 0.5) is 10.3 Å². The van der Waals surface area contributed by atoms with Crippen LogP contribution >= 0.6 is 22.7 Å². The summed E-state index contributed by atoms with van der Waals surface area (Å²) in [7, 11) is 0. The van der Waals surface area contributed by atoms with Crippen LogP contribution in [-0.4, -0.2) is 15.8 Å². The first-order valence-corrected chi connectivity index (χ1v) is 12.3. The molecule has 4 aromatic heterocycles. The van der Waals surface area contributed by atoms with Crippen molar-refractivity contribution in [3.05, 3.63) is 46.5 Å². The van der Waals surface area contributed by atoms with Gasteiger partial charge in [-0.15, -0.1) is 22.7 Å². The number of unbranched alkanes of at least 4 members (excludes halogenated alkanes) is 2. The topological polar surface area (TPSA) is 121 Å². The van der Waals surface area contributed by atoms with Crippen molar-refractivity contribution >= 4 is 38.7 Å². The zero-order valence-electron chi connectivity index (χ0n) is 17.7. The first-order chi connectivity index (χ1) is 15.6. The van der Waals surface area contributed by atoms with E-state index in [0.29, 0.717) is 28.9 Å². The number of furan rings is 2. The van der Waals surface area contributed by atoms with Gasteiger partial charge in [0.05, 0.1) is 12.5 Å². The molecule has 0 unspecified atom stereocenters. The first-order valence-electron chi connectivity index (χ1n) is 10.7. The molecule has 0 amide bonds. The summed E-state index contributed by atoms with van der Waals surface area (Å²) in [5.41, 5.74) is 13.4. The molecule has 168 valence electrons. The number of Topliss-reactive ketones (excluding diaryl/α,β-unsaturated/α-hetero) is 1. The minimum absolute atomic E-state index is 0.315. The van der Waals surface area contributed by atoms with Gasteiger partial charge in [-0.25, -0.2) is 9.97 Å². The summed E-state index contributed by atoms with van der Waals surface area (Å²) in [5.74, 6) is 1.79. The number of rotatable bonds is 12. The Morgan fingerprint density at radius 2 is 1.25 bits per heavy atom. The van der Waals surface area contributed by atoms with E-state index >= 15 is 0 Å². The maximum atomic E-state index is 12.3. The second-order valence-corrected chi connectivity index (χ2v) is 9.79. The standard InChI is InChI=1S/C23H26N4O3S2/c24-22-26-20(16-9-5-13-29-16)18(31-22)11-3-1-7-15(28)8-2-4-12-19-21(27-23(25)32-19)17-10-6-14-30-17/h5-6,9-10,13-14H,1-4,7-8,11-12H2,(H2,24,26)(H2,25,27). The normalized spacial score (nSPS) is 11.2. The van der Waals surface area contributed by atoms with Crippen molar-refractivity contribution in [2.24, 2.45) is 0 Å². The van der Waals surface area contributed by atoms with Crippen LogP contribution in [0.5, 0.6) is 0 Å². The molecule has 0 atom stereocenters. The van der Waals surface area contributed by atoms with Gasteiger partial charge in [0.25, 0.3) is 0 Å². The van der Waals surface area contributed by atoms with E-state index in [1.807, 2.05) is 24.3 Å². The summed E-state index contributed by atoms with van der Waals surface area (Å²) >= 11 is 2.98. The zero-order chi connectivity index (χ0) is 22.3. The van der Waals surface area contributed by atoms with Crippen molar-refractivity contribution in [3.63, 3.8) is 0 Å². The van der Waals surface area contributed by atoms with Gasteiger partial charge >= 0.3 is 0 Å². The lowest BCUT2D eigenvalue weighted by molar-refractivity contribution is -0.119. The van der Waals surface area contributed by atoms with Gasteiger partial charge in [-0.05, 0) is 62.8 Å². The quantitative estimate of drug-likeness (QED) is 0.244. The van der Waals surface area contributed by atoms with E-state index in [1.54, 1.807) is 12.5 Å². The van der Waals surface area contributed by atoms with E-state index in [-0.39, 0.29) is 0 Å². The highest BCUT2D eigenvalue weighted by Gasteiger charge is 2.15. The van der Waals surface area contributed by atoms with Crippen LogP contribution < -0.4 is 11.5 Å². The summed E-state index contributed by atoms with van der Waals surface area (Å²) in [4.78, 5) is 23.3. The van der Waals surface area contributed by atoms with Gasteiger partial charge in [0, 0.05) is 22.6 Å². The predicted octanol–water partition coefficient (Wildman–Crippen LogP) is 5.98. The summed E-state index contributed by atoms with van der Waals surface area (Å²) in [6.07, 6.45) is 9.75. The minimum atomic E-state index is 0.315. The van der Waals surface area contributed by atoms with Crippen LogP contribution in [-0.2, 0) is 17.6 Å². The lowest BCUT2D eigenvalue weighted by Crippen LogP contribution is -1.99. The number of hydrogen-bond donors (Lipinski definition) is 2. The second kappa shape index (κ2) is 10.6. The fourth-order valence-corrected chi connectivity index (χ4v) is 5.39. The number of aryl methyl sites for hydroxylation is 2. The molecule has 0 radical (unpaired) electrons. The van der Waals surface area contributed by atoms with Crippen LogP contribution in [0.15, 0.2) is 45.6 Å². The van der Waals surface area contributed by atoms with Gasteiger partial charge in [0.15, 0.2) is 21.8 Å². The highest BCUT2D eigenvalue weighted by atomic mass is 32.1. The van der Waals surface area contributed by atoms with E-state index in [0.717, 1.165) is 71.2 Å². The van der Waals surface area contributed by atoms with Gasteiger partial charge in [0.1, 0.15) is 17.2 Å². The molecule has 0 bridgehead atoms. The number of anilines is 2. The number of nitrogens with zero attached hydrogens (tertiary/aromatic N) is 2. The molecule has 4 heterocycles. The Kier molecular flexibility index (Phi) is 7.39. The third-order valence-corrected chi connectivity index (χ3v) is 7.04. The Hall–Kier alpha value is -2.91. The van der Waals surface area contributed by atoms with Crippen LogP contribution in [0.25, 0.3) is 22.9 Å². The number of carbonyl (C=O) groups is 1. The number of thiazole rings is 2. The fraction of sp³-hybridized carbons (Fsp3) is 0.348. The molecule has 0 aliphatic carbocycles. The number of hydrogen-bond acceptors (Lipinski definition) is 9. The molecule has 0 aliphatic rings. The highest BCUT2D eigenvalue weighted by molar-refractivity contribution is 7.16. The van der Waals surface area contributed by atoms with Crippen molar-refractivity contribution in [1.29, 1.82) is 0 Å². The van der Waals surface area contributed by atoms with Gasteiger partial charge in [0.2, 0.25) is 0 Å². The van der Waals surface area contributed by atoms with E-state index in [1.165, 1.54) is 22.7 Å². The van der Waals surface area contributed by atoms with Crippen molar-refractivity contribution in [2.75, 3.05) is 11.5 Å². The third kappa shape index (κ3) is 5.66. The number of aromatic nitrogens is 2. The molecule has 7 nitrogen and oxygen atoms in total. The van der Waals surface area contributed by atoms with E-state index in [9.17, 15) is 4.79 Å². The minimum Gasteiger partial charge on any atom is -0.463 e.